The van der Waals surface area contributed by atoms with Crippen molar-refractivity contribution in [3.8, 4) is 0 Å². The zero-order valence-corrected chi connectivity index (χ0v) is 18.3. The van der Waals surface area contributed by atoms with E-state index < -0.39 is 5.92 Å². The van der Waals surface area contributed by atoms with E-state index in [1.165, 1.54) is 4.90 Å². The highest BCUT2D eigenvalue weighted by molar-refractivity contribution is 6.02. The zero-order valence-electron chi connectivity index (χ0n) is 18.3. The Morgan fingerprint density at radius 2 is 1.67 bits per heavy atom. The number of nitrogens with zero attached hydrogens (tertiary/aromatic N) is 2. The SMILES string of the molecule is Cc1cccc(NC(=O)CN(C)C(=O)[C@@H]2CC(=O)N(c3cccc(C)c3C)C2)c1C. The fourth-order valence-corrected chi connectivity index (χ4v) is 3.82. The van der Waals surface area contributed by atoms with Gasteiger partial charge in [-0.25, -0.2) is 0 Å². The van der Waals surface area contributed by atoms with Gasteiger partial charge in [0.25, 0.3) is 0 Å². The normalized spacial score (nSPS) is 16.0. The van der Waals surface area contributed by atoms with Gasteiger partial charge < -0.3 is 15.1 Å². The Morgan fingerprint density at radius 1 is 1.03 bits per heavy atom. The number of likely N-dealkylation sites (N-methyl/N-ethyl adjacent to an activating group) is 1. The number of hydrogen-bond donors (Lipinski definition) is 1. The van der Waals surface area contributed by atoms with E-state index in [4.69, 9.17) is 0 Å². The summed E-state index contributed by atoms with van der Waals surface area (Å²) in [4.78, 5) is 41.0. The molecule has 0 radical (unpaired) electrons. The van der Waals surface area contributed by atoms with Crippen LogP contribution in [0.15, 0.2) is 36.4 Å². The smallest absolute Gasteiger partial charge is 0.243 e. The Hall–Kier alpha value is -3.15. The van der Waals surface area contributed by atoms with Crippen molar-refractivity contribution in [3.63, 3.8) is 0 Å². The number of nitrogens with one attached hydrogen (secondary N) is 1. The van der Waals surface area contributed by atoms with Crippen LogP contribution in [-0.2, 0) is 14.4 Å². The first-order valence-electron chi connectivity index (χ1n) is 10.2. The molecule has 3 amide bonds. The van der Waals surface area contributed by atoms with E-state index in [0.29, 0.717) is 6.54 Å². The van der Waals surface area contributed by atoms with Gasteiger partial charge in [-0.05, 0) is 62.1 Å². The van der Waals surface area contributed by atoms with Crippen LogP contribution in [0.25, 0.3) is 0 Å². The lowest BCUT2D eigenvalue weighted by molar-refractivity contribution is -0.137. The molecule has 2 aromatic rings. The molecule has 0 unspecified atom stereocenters. The predicted molar refractivity (Wildman–Crippen MR) is 119 cm³/mol. The number of hydrogen-bond acceptors (Lipinski definition) is 3. The van der Waals surface area contributed by atoms with Crippen LogP contribution in [0, 0.1) is 33.6 Å². The second kappa shape index (κ2) is 8.69. The highest BCUT2D eigenvalue weighted by atomic mass is 16.2. The molecule has 30 heavy (non-hydrogen) atoms. The maximum Gasteiger partial charge on any atom is 0.243 e. The average molecular weight is 408 g/mol. The summed E-state index contributed by atoms with van der Waals surface area (Å²) in [5.41, 5.74) is 5.85. The van der Waals surface area contributed by atoms with Gasteiger partial charge in [-0.15, -0.1) is 0 Å². The first-order valence-corrected chi connectivity index (χ1v) is 10.2. The van der Waals surface area contributed by atoms with Gasteiger partial charge in [-0.2, -0.15) is 0 Å². The molecule has 0 bridgehead atoms. The van der Waals surface area contributed by atoms with E-state index in [-0.39, 0.29) is 30.7 Å². The number of benzene rings is 2. The molecule has 0 aliphatic carbocycles. The molecule has 6 nitrogen and oxygen atoms in total. The number of carbonyl (C=O) groups is 3. The van der Waals surface area contributed by atoms with Crippen LogP contribution in [0.2, 0.25) is 0 Å². The summed E-state index contributed by atoms with van der Waals surface area (Å²) in [5.74, 6) is -0.950. The molecule has 158 valence electrons. The van der Waals surface area contributed by atoms with Crippen LogP contribution >= 0.6 is 0 Å². The molecule has 6 heteroatoms. The van der Waals surface area contributed by atoms with E-state index in [2.05, 4.69) is 5.32 Å². The Bertz CT molecular complexity index is 999. The molecule has 1 saturated heterocycles. The van der Waals surface area contributed by atoms with Gasteiger partial charge in [0.05, 0.1) is 12.5 Å². The van der Waals surface area contributed by atoms with Crippen molar-refractivity contribution in [2.45, 2.75) is 34.1 Å². The van der Waals surface area contributed by atoms with Crippen molar-refractivity contribution in [2.24, 2.45) is 5.92 Å². The summed E-state index contributed by atoms with van der Waals surface area (Å²) in [6.45, 7) is 8.21. The molecule has 1 aliphatic heterocycles. The maximum atomic E-state index is 12.9. The minimum absolute atomic E-state index is 0.0552. The summed E-state index contributed by atoms with van der Waals surface area (Å²) in [6, 6.07) is 11.6. The van der Waals surface area contributed by atoms with Crippen LogP contribution in [0.1, 0.15) is 28.7 Å². The van der Waals surface area contributed by atoms with Crippen molar-refractivity contribution >= 4 is 29.1 Å². The van der Waals surface area contributed by atoms with Crippen molar-refractivity contribution in [1.29, 1.82) is 0 Å². The molecule has 0 saturated carbocycles. The Balaban J connectivity index is 1.63. The molecule has 0 aromatic heterocycles. The predicted octanol–water partition coefficient (Wildman–Crippen LogP) is 3.37. The molecule has 2 aromatic carbocycles. The summed E-state index contributed by atoms with van der Waals surface area (Å²) >= 11 is 0. The first-order chi connectivity index (χ1) is 14.2. The lowest BCUT2D eigenvalue weighted by Crippen LogP contribution is -2.39. The monoisotopic (exact) mass is 407 g/mol. The number of anilines is 2. The van der Waals surface area contributed by atoms with Gasteiger partial charge in [-0.1, -0.05) is 24.3 Å². The second-order valence-corrected chi connectivity index (χ2v) is 8.11. The van der Waals surface area contributed by atoms with E-state index in [1.54, 1.807) is 11.9 Å². The number of rotatable bonds is 5. The molecule has 1 fully saturated rings. The summed E-state index contributed by atoms with van der Waals surface area (Å²) in [7, 11) is 1.61. The van der Waals surface area contributed by atoms with Gasteiger partial charge in [0.15, 0.2) is 0 Å². The van der Waals surface area contributed by atoms with Gasteiger partial charge >= 0.3 is 0 Å². The quantitative estimate of drug-likeness (QED) is 0.826. The molecule has 1 N–H and O–H groups in total. The number of aryl methyl sites for hydroxylation is 2. The number of amides is 3. The molecule has 0 spiro atoms. The van der Waals surface area contributed by atoms with E-state index in [0.717, 1.165) is 33.6 Å². The summed E-state index contributed by atoms with van der Waals surface area (Å²) in [6.07, 6.45) is 0.162. The van der Waals surface area contributed by atoms with Crippen molar-refractivity contribution in [3.05, 3.63) is 58.7 Å². The van der Waals surface area contributed by atoms with E-state index >= 15 is 0 Å². The topological polar surface area (TPSA) is 69.7 Å². The maximum absolute atomic E-state index is 12.9. The minimum Gasteiger partial charge on any atom is -0.336 e. The standard InChI is InChI=1S/C24H29N3O3/c1-15-8-6-10-20(17(15)3)25-22(28)14-26(5)24(30)19-12-23(29)27(13-19)21-11-7-9-16(2)18(21)4/h6-11,19H,12-14H2,1-5H3,(H,25,28)/t19-/m1/s1. The third-order valence-electron chi connectivity index (χ3n) is 5.98. The van der Waals surface area contributed by atoms with Gasteiger partial charge in [0.2, 0.25) is 17.7 Å². The summed E-state index contributed by atoms with van der Waals surface area (Å²) < 4.78 is 0. The molecular weight excluding hydrogens is 378 g/mol. The van der Waals surface area contributed by atoms with E-state index in [1.807, 2.05) is 64.1 Å². The van der Waals surface area contributed by atoms with Gasteiger partial charge in [0, 0.05) is 31.4 Å². The summed E-state index contributed by atoms with van der Waals surface area (Å²) in [5, 5.41) is 2.87. The third kappa shape index (κ3) is 4.37. The van der Waals surface area contributed by atoms with Crippen LogP contribution in [-0.4, -0.2) is 42.8 Å². The highest BCUT2D eigenvalue weighted by Crippen LogP contribution is 2.30. The number of carbonyl (C=O) groups excluding carboxylic acids is 3. The minimum atomic E-state index is -0.448. The first kappa shape index (κ1) is 21.6. The van der Waals surface area contributed by atoms with E-state index in [9.17, 15) is 14.4 Å². The lowest BCUT2D eigenvalue weighted by atomic mass is 10.1. The molecule has 1 aliphatic rings. The highest BCUT2D eigenvalue weighted by Gasteiger charge is 2.37. The van der Waals surface area contributed by atoms with Crippen molar-refractivity contribution < 1.29 is 14.4 Å². The lowest BCUT2D eigenvalue weighted by Gasteiger charge is -2.22. The van der Waals surface area contributed by atoms with Crippen molar-refractivity contribution in [1.82, 2.24) is 4.90 Å². The Kier molecular flexibility index (Phi) is 6.25. The Morgan fingerprint density at radius 3 is 2.37 bits per heavy atom. The van der Waals surface area contributed by atoms with Gasteiger partial charge in [0.1, 0.15) is 0 Å². The molecule has 1 atom stereocenters. The molecule has 1 heterocycles. The molecular formula is C24H29N3O3. The fourth-order valence-electron chi connectivity index (χ4n) is 3.82. The van der Waals surface area contributed by atoms with Gasteiger partial charge in [-0.3, -0.25) is 14.4 Å². The third-order valence-corrected chi connectivity index (χ3v) is 5.98. The zero-order chi connectivity index (χ0) is 22.0. The van der Waals surface area contributed by atoms with Crippen LogP contribution in [0.5, 0.6) is 0 Å². The van der Waals surface area contributed by atoms with Crippen LogP contribution < -0.4 is 10.2 Å². The van der Waals surface area contributed by atoms with Crippen LogP contribution in [0.4, 0.5) is 11.4 Å². The van der Waals surface area contributed by atoms with Crippen molar-refractivity contribution in [2.75, 3.05) is 30.4 Å². The van der Waals surface area contributed by atoms with Crippen LogP contribution in [0.3, 0.4) is 0 Å². The Labute approximate surface area is 177 Å². The molecule has 3 rings (SSSR count). The second-order valence-electron chi connectivity index (χ2n) is 8.11. The largest absolute Gasteiger partial charge is 0.336 e. The fraction of sp³-hybridized carbons (Fsp3) is 0.375. The average Bonchev–Trinajstić information content (AvgIpc) is 3.08.